The van der Waals surface area contributed by atoms with Crippen LogP contribution in [-0.4, -0.2) is 15.5 Å². The maximum Gasteiger partial charge on any atom is 0.246 e. The van der Waals surface area contributed by atoms with Gasteiger partial charge in [-0.05, 0) is 6.92 Å². The number of amides is 1. The monoisotopic (exact) mass is 255 g/mol. The van der Waals surface area contributed by atoms with Crippen molar-refractivity contribution in [2.45, 2.75) is 13.5 Å². The third kappa shape index (κ3) is 3.10. The van der Waals surface area contributed by atoms with Gasteiger partial charge in [-0.1, -0.05) is 36.9 Å². The van der Waals surface area contributed by atoms with Crippen molar-refractivity contribution in [1.29, 1.82) is 0 Å². The fourth-order valence-electron chi connectivity index (χ4n) is 1.79. The molecule has 0 atom stereocenters. The summed E-state index contributed by atoms with van der Waals surface area (Å²) in [5, 5.41) is 2.78. The van der Waals surface area contributed by atoms with Crippen LogP contribution in [-0.2, 0) is 18.4 Å². The molecule has 0 aliphatic carbocycles. The molecule has 1 heterocycles. The molecule has 0 spiro atoms. The van der Waals surface area contributed by atoms with Gasteiger partial charge in [0.2, 0.25) is 5.91 Å². The highest BCUT2D eigenvalue weighted by atomic mass is 16.1. The molecule has 0 aliphatic heterocycles. The minimum Gasteiger partial charge on any atom is -0.347 e. The Bertz CT molecular complexity index is 599. The van der Waals surface area contributed by atoms with Crippen LogP contribution < -0.4 is 5.32 Å². The Morgan fingerprint density at radius 2 is 2.05 bits per heavy atom. The highest BCUT2D eigenvalue weighted by Gasteiger charge is 2.08. The predicted molar refractivity (Wildman–Crippen MR) is 75.3 cm³/mol. The lowest BCUT2D eigenvalue weighted by molar-refractivity contribution is -0.117. The summed E-state index contributed by atoms with van der Waals surface area (Å²) in [6.45, 7) is 5.69. The Balaban J connectivity index is 2.14. The summed E-state index contributed by atoms with van der Waals surface area (Å²) >= 11 is 0. The summed E-state index contributed by atoms with van der Waals surface area (Å²) in [5.41, 5.74) is 2.39. The Kier molecular flexibility index (Phi) is 3.80. The van der Waals surface area contributed by atoms with E-state index in [-0.39, 0.29) is 5.91 Å². The van der Waals surface area contributed by atoms with Gasteiger partial charge in [-0.15, -0.1) is 0 Å². The zero-order valence-corrected chi connectivity index (χ0v) is 11.2. The number of nitrogens with one attached hydrogen (secondary N) is 1. The smallest absolute Gasteiger partial charge is 0.246 e. The summed E-state index contributed by atoms with van der Waals surface area (Å²) in [6, 6.07) is 9.96. The average molecular weight is 255 g/mol. The van der Waals surface area contributed by atoms with Crippen LogP contribution in [0.2, 0.25) is 0 Å². The number of nitrogens with zero attached hydrogens (tertiary/aromatic N) is 2. The maximum absolute atomic E-state index is 11.4. The Labute approximate surface area is 112 Å². The molecule has 19 heavy (non-hydrogen) atoms. The standard InChI is InChI=1S/C15H17N3O/c1-11(2)15(19)16-9-13-10-18(3)14(17-13)12-7-5-4-6-8-12/h4-8,10H,1,9H2,2-3H3,(H,16,19). The average Bonchev–Trinajstić information content (AvgIpc) is 2.78. The van der Waals surface area contributed by atoms with Crippen molar-refractivity contribution >= 4 is 5.91 Å². The number of aromatic nitrogens is 2. The molecular formula is C15H17N3O. The number of aryl methyl sites for hydroxylation is 1. The molecule has 1 amide bonds. The molecule has 1 N–H and O–H groups in total. The molecular weight excluding hydrogens is 238 g/mol. The molecule has 0 radical (unpaired) electrons. The van der Waals surface area contributed by atoms with Gasteiger partial charge >= 0.3 is 0 Å². The van der Waals surface area contributed by atoms with E-state index in [0.717, 1.165) is 17.1 Å². The van der Waals surface area contributed by atoms with Gasteiger partial charge in [0.1, 0.15) is 5.82 Å². The first-order valence-electron chi connectivity index (χ1n) is 6.09. The van der Waals surface area contributed by atoms with E-state index in [1.54, 1.807) is 6.92 Å². The lowest BCUT2D eigenvalue weighted by atomic mass is 10.2. The molecule has 1 aromatic heterocycles. The van der Waals surface area contributed by atoms with Crippen molar-refractivity contribution in [3.63, 3.8) is 0 Å². The molecule has 0 unspecified atom stereocenters. The number of rotatable bonds is 4. The van der Waals surface area contributed by atoms with Crippen molar-refractivity contribution in [3.05, 3.63) is 54.4 Å². The van der Waals surface area contributed by atoms with Gasteiger partial charge in [0.05, 0.1) is 12.2 Å². The highest BCUT2D eigenvalue weighted by Crippen LogP contribution is 2.17. The first kappa shape index (κ1) is 13.1. The summed E-state index contributed by atoms with van der Waals surface area (Å²) in [6.07, 6.45) is 1.92. The van der Waals surface area contributed by atoms with E-state index in [1.807, 2.05) is 48.1 Å². The van der Waals surface area contributed by atoms with Crippen molar-refractivity contribution < 1.29 is 4.79 Å². The quantitative estimate of drug-likeness (QED) is 0.852. The number of hydrogen-bond donors (Lipinski definition) is 1. The number of carbonyl (C=O) groups is 1. The van der Waals surface area contributed by atoms with Crippen molar-refractivity contribution in [2.75, 3.05) is 0 Å². The van der Waals surface area contributed by atoms with Gasteiger partial charge in [0.15, 0.2) is 0 Å². The lowest BCUT2D eigenvalue weighted by Gasteiger charge is -2.01. The van der Waals surface area contributed by atoms with Gasteiger partial charge in [0.25, 0.3) is 0 Å². The highest BCUT2D eigenvalue weighted by molar-refractivity contribution is 5.91. The van der Waals surface area contributed by atoms with Crippen LogP contribution in [0.1, 0.15) is 12.6 Å². The second kappa shape index (κ2) is 5.52. The van der Waals surface area contributed by atoms with Crippen molar-refractivity contribution in [3.8, 4) is 11.4 Å². The van der Waals surface area contributed by atoms with Gasteiger partial charge in [-0.3, -0.25) is 4.79 Å². The molecule has 98 valence electrons. The molecule has 4 heteroatoms. The van der Waals surface area contributed by atoms with E-state index in [2.05, 4.69) is 16.9 Å². The number of hydrogen-bond acceptors (Lipinski definition) is 2. The minimum absolute atomic E-state index is 0.146. The number of benzene rings is 1. The fourth-order valence-corrected chi connectivity index (χ4v) is 1.79. The first-order chi connectivity index (χ1) is 9.08. The SMILES string of the molecule is C=C(C)C(=O)NCc1cn(C)c(-c2ccccc2)n1. The van der Waals surface area contributed by atoms with E-state index in [9.17, 15) is 4.79 Å². The third-order valence-electron chi connectivity index (χ3n) is 2.78. The predicted octanol–water partition coefficient (Wildman–Crippen LogP) is 2.28. The van der Waals surface area contributed by atoms with Crippen LogP contribution in [0.15, 0.2) is 48.7 Å². The Morgan fingerprint density at radius 1 is 1.37 bits per heavy atom. The molecule has 0 saturated heterocycles. The van der Waals surface area contributed by atoms with Crippen LogP contribution in [0, 0.1) is 0 Å². The van der Waals surface area contributed by atoms with Gasteiger partial charge in [-0.2, -0.15) is 0 Å². The first-order valence-corrected chi connectivity index (χ1v) is 6.09. The molecule has 0 bridgehead atoms. The Morgan fingerprint density at radius 3 is 2.68 bits per heavy atom. The van der Waals surface area contributed by atoms with E-state index in [1.165, 1.54) is 0 Å². The molecule has 2 aromatic rings. The molecule has 0 saturated carbocycles. The van der Waals surface area contributed by atoms with Crippen molar-refractivity contribution in [2.24, 2.45) is 7.05 Å². The van der Waals surface area contributed by atoms with Gasteiger partial charge in [0, 0.05) is 24.4 Å². The number of imidazole rings is 1. The van der Waals surface area contributed by atoms with Gasteiger partial charge in [-0.25, -0.2) is 4.98 Å². The van der Waals surface area contributed by atoms with E-state index >= 15 is 0 Å². The van der Waals surface area contributed by atoms with E-state index in [0.29, 0.717) is 12.1 Å². The molecule has 4 nitrogen and oxygen atoms in total. The van der Waals surface area contributed by atoms with Crippen LogP contribution >= 0.6 is 0 Å². The largest absolute Gasteiger partial charge is 0.347 e. The fraction of sp³-hybridized carbons (Fsp3) is 0.200. The van der Waals surface area contributed by atoms with E-state index in [4.69, 9.17) is 0 Å². The molecule has 0 fully saturated rings. The van der Waals surface area contributed by atoms with Crippen LogP contribution in [0.5, 0.6) is 0 Å². The summed E-state index contributed by atoms with van der Waals surface area (Å²) in [5.74, 6) is 0.743. The normalized spacial score (nSPS) is 10.2. The van der Waals surface area contributed by atoms with Crippen molar-refractivity contribution in [1.82, 2.24) is 14.9 Å². The lowest BCUT2D eigenvalue weighted by Crippen LogP contribution is -2.23. The summed E-state index contributed by atoms with van der Waals surface area (Å²) in [4.78, 5) is 16.0. The van der Waals surface area contributed by atoms with E-state index < -0.39 is 0 Å². The molecule has 1 aromatic carbocycles. The van der Waals surface area contributed by atoms with Crippen LogP contribution in [0.3, 0.4) is 0 Å². The molecule has 0 aliphatic rings. The van der Waals surface area contributed by atoms with Crippen LogP contribution in [0.25, 0.3) is 11.4 Å². The van der Waals surface area contributed by atoms with Crippen LogP contribution in [0.4, 0.5) is 0 Å². The molecule has 2 rings (SSSR count). The zero-order chi connectivity index (χ0) is 13.8. The second-order valence-corrected chi connectivity index (χ2v) is 4.50. The minimum atomic E-state index is -0.146. The van der Waals surface area contributed by atoms with Gasteiger partial charge < -0.3 is 9.88 Å². The maximum atomic E-state index is 11.4. The second-order valence-electron chi connectivity index (χ2n) is 4.50. The Hall–Kier alpha value is -2.36. The number of carbonyl (C=O) groups excluding carboxylic acids is 1. The summed E-state index contributed by atoms with van der Waals surface area (Å²) in [7, 11) is 1.94. The topological polar surface area (TPSA) is 46.9 Å². The third-order valence-corrected chi connectivity index (χ3v) is 2.78. The summed E-state index contributed by atoms with van der Waals surface area (Å²) < 4.78 is 1.96. The zero-order valence-electron chi connectivity index (χ0n) is 11.2.